The van der Waals surface area contributed by atoms with E-state index in [9.17, 15) is 0 Å². The molecule has 0 aliphatic carbocycles. The molecule has 0 amide bonds. The predicted octanol–water partition coefficient (Wildman–Crippen LogP) is 0.653. The van der Waals surface area contributed by atoms with Crippen molar-refractivity contribution in [2.45, 2.75) is 0 Å². The summed E-state index contributed by atoms with van der Waals surface area (Å²) in [6, 6.07) is 8.35. The molecule has 2 heterocycles. The van der Waals surface area contributed by atoms with E-state index in [0.717, 1.165) is 71.3 Å². The van der Waals surface area contributed by atoms with Crippen LogP contribution >= 0.6 is 12.2 Å². The van der Waals surface area contributed by atoms with E-state index in [-0.39, 0.29) is 0 Å². The number of hydrogen-bond donors (Lipinski definition) is 2. The number of benzene rings is 1. The minimum atomic E-state index is 0.541. The van der Waals surface area contributed by atoms with Gasteiger partial charge in [-0.05, 0) is 29.9 Å². The maximum atomic E-state index is 5.39. The highest BCUT2D eigenvalue weighted by molar-refractivity contribution is 7.80. The zero-order valence-corrected chi connectivity index (χ0v) is 15.8. The van der Waals surface area contributed by atoms with Gasteiger partial charge in [-0.25, -0.2) is 0 Å². The fraction of sp³-hybridized carbons (Fsp3) is 0.556. The average Bonchev–Trinajstić information content (AvgIpc) is 2.70. The molecule has 2 fully saturated rings. The second kappa shape index (κ2) is 10.4. The van der Waals surface area contributed by atoms with Gasteiger partial charge in [0, 0.05) is 45.0 Å². The van der Waals surface area contributed by atoms with Crippen molar-refractivity contribution in [2.75, 3.05) is 70.6 Å². The molecule has 7 nitrogen and oxygen atoms in total. The first-order chi connectivity index (χ1) is 12.8. The van der Waals surface area contributed by atoms with Gasteiger partial charge in [-0.1, -0.05) is 12.1 Å². The van der Waals surface area contributed by atoms with E-state index in [2.05, 4.69) is 49.9 Å². The molecule has 0 aromatic heterocycles. The molecule has 1 aromatic rings. The van der Waals surface area contributed by atoms with Crippen LogP contribution in [0.1, 0.15) is 5.56 Å². The molecule has 0 radical (unpaired) electrons. The van der Waals surface area contributed by atoms with Crippen LogP contribution in [0.3, 0.4) is 0 Å². The van der Waals surface area contributed by atoms with Crippen molar-refractivity contribution < 1.29 is 9.47 Å². The molecule has 0 bridgehead atoms. The molecule has 2 saturated heterocycles. The number of hydrogen-bond acceptors (Lipinski definition) is 6. The monoisotopic (exact) mass is 377 g/mol. The van der Waals surface area contributed by atoms with Crippen molar-refractivity contribution >= 4 is 29.2 Å². The van der Waals surface area contributed by atoms with Crippen LogP contribution in [0, 0.1) is 0 Å². The van der Waals surface area contributed by atoms with E-state index in [4.69, 9.17) is 21.7 Å². The van der Waals surface area contributed by atoms with Gasteiger partial charge in [-0.2, -0.15) is 5.10 Å². The Morgan fingerprint density at radius 1 is 1.04 bits per heavy atom. The summed E-state index contributed by atoms with van der Waals surface area (Å²) in [5.74, 6) is 0. The first-order valence-electron chi connectivity index (χ1n) is 9.11. The molecule has 0 unspecified atom stereocenters. The third-order valence-corrected chi connectivity index (χ3v) is 4.70. The predicted molar refractivity (Wildman–Crippen MR) is 108 cm³/mol. The van der Waals surface area contributed by atoms with Gasteiger partial charge in [-0.15, -0.1) is 0 Å². The molecule has 2 N–H and O–H groups in total. The second-order valence-electron chi connectivity index (χ2n) is 6.27. The number of hydrazone groups is 1. The Bertz CT molecular complexity index is 584. The number of morpholine rings is 2. The van der Waals surface area contributed by atoms with Gasteiger partial charge in [0.2, 0.25) is 0 Å². The van der Waals surface area contributed by atoms with Crippen LogP contribution in [-0.4, -0.2) is 81.9 Å². The van der Waals surface area contributed by atoms with Crippen molar-refractivity contribution in [2.24, 2.45) is 5.10 Å². The smallest absolute Gasteiger partial charge is 0.187 e. The molecule has 2 aliphatic heterocycles. The lowest BCUT2D eigenvalue weighted by atomic mass is 10.2. The topological polar surface area (TPSA) is 61.4 Å². The molecule has 8 heteroatoms. The molecule has 1 aromatic carbocycles. The van der Waals surface area contributed by atoms with Crippen molar-refractivity contribution in [1.82, 2.24) is 15.6 Å². The maximum Gasteiger partial charge on any atom is 0.187 e. The lowest BCUT2D eigenvalue weighted by molar-refractivity contribution is 0.0389. The Labute approximate surface area is 160 Å². The Hall–Kier alpha value is -1.74. The molecule has 0 atom stereocenters. The van der Waals surface area contributed by atoms with Gasteiger partial charge >= 0.3 is 0 Å². The zero-order chi connectivity index (χ0) is 18.0. The Morgan fingerprint density at radius 2 is 1.69 bits per heavy atom. The summed E-state index contributed by atoms with van der Waals surface area (Å²) in [5, 5.41) is 7.92. The van der Waals surface area contributed by atoms with Crippen molar-refractivity contribution in [3.63, 3.8) is 0 Å². The van der Waals surface area contributed by atoms with E-state index in [1.54, 1.807) is 6.21 Å². The summed E-state index contributed by atoms with van der Waals surface area (Å²) < 4.78 is 10.7. The van der Waals surface area contributed by atoms with Crippen LogP contribution in [0.2, 0.25) is 0 Å². The SMILES string of the molecule is S=C(NCCN1CCOCC1)NN=Cc1ccc(N2CCOCC2)cc1. The molecular formula is C18H27N5O2S. The van der Waals surface area contributed by atoms with Crippen LogP contribution in [0.25, 0.3) is 0 Å². The maximum absolute atomic E-state index is 5.39. The quantitative estimate of drug-likeness (QED) is 0.429. The minimum Gasteiger partial charge on any atom is -0.379 e. The highest BCUT2D eigenvalue weighted by atomic mass is 32.1. The Kier molecular flexibility index (Phi) is 7.63. The van der Waals surface area contributed by atoms with Crippen LogP contribution in [0.4, 0.5) is 5.69 Å². The zero-order valence-electron chi connectivity index (χ0n) is 15.0. The van der Waals surface area contributed by atoms with Crippen LogP contribution in [0.15, 0.2) is 29.4 Å². The summed E-state index contributed by atoms with van der Waals surface area (Å²) >= 11 is 5.24. The molecule has 2 aliphatic rings. The summed E-state index contributed by atoms with van der Waals surface area (Å²) in [4.78, 5) is 4.69. The molecule has 3 rings (SSSR count). The van der Waals surface area contributed by atoms with Crippen LogP contribution in [0.5, 0.6) is 0 Å². The lowest BCUT2D eigenvalue weighted by Gasteiger charge is -2.28. The third-order valence-electron chi connectivity index (χ3n) is 4.47. The van der Waals surface area contributed by atoms with Crippen molar-refractivity contribution in [3.05, 3.63) is 29.8 Å². The summed E-state index contributed by atoms with van der Waals surface area (Å²) in [5.41, 5.74) is 5.12. The lowest BCUT2D eigenvalue weighted by Crippen LogP contribution is -2.42. The standard InChI is InChI=1S/C18H27N5O2S/c26-18(19-5-6-22-7-11-24-12-8-22)21-20-15-16-1-3-17(4-2-16)23-9-13-25-14-10-23/h1-4,15H,5-14H2,(H2,19,21,26). The largest absolute Gasteiger partial charge is 0.379 e. The average molecular weight is 378 g/mol. The number of nitrogens with one attached hydrogen (secondary N) is 2. The minimum absolute atomic E-state index is 0.541. The first kappa shape index (κ1) is 19.0. The molecule has 142 valence electrons. The van der Waals surface area contributed by atoms with Crippen molar-refractivity contribution in [1.29, 1.82) is 0 Å². The summed E-state index contributed by atoms with van der Waals surface area (Å²) in [7, 11) is 0. The van der Waals surface area contributed by atoms with E-state index in [1.807, 2.05) is 0 Å². The van der Waals surface area contributed by atoms with Gasteiger partial charge in [0.15, 0.2) is 5.11 Å². The second-order valence-corrected chi connectivity index (χ2v) is 6.68. The fourth-order valence-corrected chi connectivity index (χ4v) is 3.10. The first-order valence-corrected chi connectivity index (χ1v) is 9.52. The Balaban J connectivity index is 1.35. The molecule has 0 saturated carbocycles. The van der Waals surface area contributed by atoms with E-state index in [1.165, 1.54) is 5.69 Å². The number of thiocarbonyl (C=S) groups is 1. The van der Waals surface area contributed by atoms with Gasteiger partial charge in [0.25, 0.3) is 0 Å². The molecule has 0 spiro atoms. The number of rotatable bonds is 6. The highest BCUT2D eigenvalue weighted by Gasteiger charge is 2.11. The van der Waals surface area contributed by atoms with Gasteiger partial charge < -0.3 is 19.7 Å². The third kappa shape index (κ3) is 6.21. The van der Waals surface area contributed by atoms with Crippen LogP contribution < -0.4 is 15.6 Å². The van der Waals surface area contributed by atoms with E-state index < -0.39 is 0 Å². The highest BCUT2D eigenvalue weighted by Crippen LogP contribution is 2.15. The van der Waals surface area contributed by atoms with Gasteiger partial charge in [0.05, 0.1) is 32.6 Å². The number of ether oxygens (including phenoxy) is 2. The summed E-state index contributed by atoms with van der Waals surface area (Å²) in [6.07, 6.45) is 1.78. The van der Waals surface area contributed by atoms with Gasteiger partial charge in [-0.3, -0.25) is 10.3 Å². The Morgan fingerprint density at radius 3 is 2.38 bits per heavy atom. The number of anilines is 1. The van der Waals surface area contributed by atoms with E-state index in [0.29, 0.717) is 5.11 Å². The molecule has 26 heavy (non-hydrogen) atoms. The van der Waals surface area contributed by atoms with Crippen molar-refractivity contribution in [3.8, 4) is 0 Å². The number of nitrogens with zero attached hydrogens (tertiary/aromatic N) is 3. The normalized spacial score (nSPS) is 18.8. The molecular weight excluding hydrogens is 350 g/mol. The van der Waals surface area contributed by atoms with E-state index >= 15 is 0 Å². The fourth-order valence-electron chi connectivity index (χ4n) is 2.95. The summed E-state index contributed by atoms with van der Waals surface area (Å²) in [6.45, 7) is 8.84. The van der Waals surface area contributed by atoms with Crippen LogP contribution in [-0.2, 0) is 9.47 Å². The van der Waals surface area contributed by atoms with Gasteiger partial charge in [0.1, 0.15) is 0 Å².